The van der Waals surface area contributed by atoms with E-state index in [4.69, 9.17) is 0 Å². The molecule has 0 heterocycles. The lowest BCUT2D eigenvalue weighted by atomic mass is 9.49. The summed E-state index contributed by atoms with van der Waals surface area (Å²) in [5, 5.41) is 11.5. The molecule has 0 aromatic heterocycles. The van der Waals surface area contributed by atoms with Gasteiger partial charge in [-0.25, -0.2) is 0 Å². The molecule has 0 unspecified atom stereocenters. The molecule has 3 heteroatoms. The van der Waals surface area contributed by atoms with E-state index in [2.05, 4.69) is 46.8 Å². The minimum absolute atomic E-state index is 0.129. The first kappa shape index (κ1) is 23.0. The summed E-state index contributed by atoms with van der Waals surface area (Å²) in [6, 6.07) is 0. The van der Waals surface area contributed by atoms with Crippen molar-refractivity contribution in [2.24, 2.45) is 28.1 Å². The zero-order valence-corrected chi connectivity index (χ0v) is 21.3. The fourth-order valence-electron chi connectivity index (χ4n) is 7.76. The van der Waals surface area contributed by atoms with Crippen LogP contribution in [0.1, 0.15) is 92.9 Å². The van der Waals surface area contributed by atoms with Crippen molar-refractivity contribution >= 4 is 11.6 Å². The van der Waals surface area contributed by atoms with Crippen molar-refractivity contribution < 1.29 is 14.7 Å². The molecule has 0 spiro atoms. The zero-order chi connectivity index (χ0) is 24.0. The van der Waals surface area contributed by atoms with Gasteiger partial charge < -0.3 is 5.11 Å². The van der Waals surface area contributed by atoms with Crippen molar-refractivity contribution in [3.05, 3.63) is 46.1 Å². The maximum absolute atomic E-state index is 14.2. The van der Waals surface area contributed by atoms with Crippen molar-refractivity contribution in [1.29, 1.82) is 0 Å². The highest BCUT2D eigenvalue weighted by Crippen LogP contribution is 2.62. The first-order valence-electron chi connectivity index (χ1n) is 13.0. The number of Topliss-reactive ketones (excluding diaryl/α,β-unsaturated/α-hetero) is 1. The fourth-order valence-corrected chi connectivity index (χ4v) is 7.76. The van der Waals surface area contributed by atoms with Crippen LogP contribution in [0.5, 0.6) is 0 Å². The van der Waals surface area contributed by atoms with Crippen LogP contribution >= 0.6 is 0 Å². The van der Waals surface area contributed by atoms with Crippen LogP contribution in [0, 0.1) is 28.1 Å². The van der Waals surface area contributed by atoms with Gasteiger partial charge in [0, 0.05) is 33.0 Å². The quantitative estimate of drug-likeness (QED) is 0.503. The number of ketones is 2. The normalized spacial score (nSPS) is 45.5. The molecular weight excluding hydrogens is 408 g/mol. The molecule has 6 atom stereocenters. The number of hydrogen-bond donors (Lipinski definition) is 1. The lowest BCUT2D eigenvalue weighted by molar-refractivity contribution is -0.117. The summed E-state index contributed by atoms with van der Waals surface area (Å²) in [5.74, 6) is 1.10. The Hall–Kier alpha value is -1.74. The minimum atomic E-state index is -0.970. The zero-order valence-electron chi connectivity index (χ0n) is 21.3. The Bertz CT molecular complexity index is 1070. The number of rotatable bonds is 1. The summed E-state index contributed by atoms with van der Waals surface area (Å²) in [4.78, 5) is 27.6. The number of allylic oxidation sites excluding steroid dienone is 7. The predicted octanol–water partition coefficient (Wildman–Crippen LogP) is 6.43. The number of aliphatic hydroxyl groups is 1. The molecule has 0 aromatic carbocycles. The van der Waals surface area contributed by atoms with E-state index in [1.54, 1.807) is 0 Å². The van der Waals surface area contributed by atoms with E-state index in [0.29, 0.717) is 24.7 Å². The van der Waals surface area contributed by atoms with Crippen LogP contribution in [0.3, 0.4) is 0 Å². The van der Waals surface area contributed by atoms with Crippen LogP contribution < -0.4 is 0 Å². The summed E-state index contributed by atoms with van der Waals surface area (Å²) < 4.78 is 0. The molecule has 0 amide bonds. The second-order valence-corrected chi connectivity index (χ2v) is 12.7. The van der Waals surface area contributed by atoms with E-state index in [-0.39, 0.29) is 22.4 Å². The van der Waals surface area contributed by atoms with Crippen molar-refractivity contribution in [1.82, 2.24) is 0 Å². The Morgan fingerprint density at radius 3 is 2.06 bits per heavy atom. The van der Waals surface area contributed by atoms with Crippen LogP contribution in [0.4, 0.5) is 0 Å². The van der Waals surface area contributed by atoms with Gasteiger partial charge in [-0.05, 0) is 81.8 Å². The molecule has 0 fully saturated rings. The number of hydrogen-bond acceptors (Lipinski definition) is 3. The van der Waals surface area contributed by atoms with E-state index >= 15 is 0 Å². The molecule has 0 radical (unpaired) electrons. The molecule has 0 saturated heterocycles. The van der Waals surface area contributed by atoms with Gasteiger partial charge in [-0.1, -0.05) is 52.3 Å². The summed E-state index contributed by atoms with van der Waals surface area (Å²) in [5.41, 5.74) is 2.90. The number of carbonyl (C=O) groups excluding carboxylic acids is 2. The Labute approximate surface area is 199 Å². The third-order valence-electron chi connectivity index (χ3n) is 10.8. The van der Waals surface area contributed by atoms with Gasteiger partial charge in [0.1, 0.15) is 0 Å². The maximum Gasteiger partial charge on any atom is 0.186 e. The van der Waals surface area contributed by atoms with E-state index in [0.717, 1.165) is 66.4 Å². The van der Waals surface area contributed by atoms with Crippen LogP contribution in [0.15, 0.2) is 46.1 Å². The third-order valence-corrected chi connectivity index (χ3v) is 10.8. The fraction of sp³-hybridized carbons (Fsp3) is 0.667. The van der Waals surface area contributed by atoms with Crippen molar-refractivity contribution in [3.63, 3.8) is 0 Å². The van der Waals surface area contributed by atoms with Crippen LogP contribution in [0.25, 0.3) is 0 Å². The Morgan fingerprint density at radius 2 is 1.42 bits per heavy atom. The van der Waals surface area contributed by atoms with E-state index in [1.165, 1.54) is 0 Å². The van der Waals surface area contributed by atoms with E-state index in [1.807, 2.05) is 13.0 Å². The SMILES string of the molecule is C[C@@H]1CCC=C2C(=O)C=C([C@@]3(C)CC[C@](C)(O)C4=C3C(=O)C3=CCC[C@@H](C)[C@]3(C)C4)C[C@]21C. The largest absolute Gasteiger partial charge is 0.386 e. The third kappa shape index (κ3) is 3.03. The highest BCUT2D eigenvalue weighted by atomic mass is 16.3. The lowest BCUT2D eigenvalue weighted by Crippen LogP contribution is -2.51. The molecule has 1 N–H and O–H groups in total. The molecule has 3 nitrogen and oxygen atoms in total. The Morgan fingerprint density at radius 1 is 0.848 bits per heavy atom. The van der Waals surface area contributed by atoms with Gasteiger partial charge in [0.15, 0.2) is 11.6 Å². The molecular formula is C30H40O3. The van der Waals surface area contributed by atoms with Gasteiger partial charge in [-0.15, -0.1) is 0 Å². The number of fused-ring (bicyclic) bond motifs is 2. The lowest BCUT2D eigenvalue weighted by Gasteiger charge is -2.55. The maximum atomic E-state index is 14.2. The molecule has 0 aromatic rings. The summed E-state index contributed by atoms with van der Waals surface area (Å²) in [6.07, 6.45) is 13.2. The summed E-state index contributed by atoms with van der Waals surface area (Å²) in [7, 11) is 0. The molecule has 33 heavy (non-hydrogen) atoms. The van der Waals surface area contributed by atoms with Crippen LogP contribution in [-0.4, -0.2) is 22.3 Å². The summed E-state index contributed by atoms with van der Waals surface area (Å²) >= 11 is 0. The average Bonchev–Trinajstić information content (AvgIpc) is 2.73. The highest BCUT2D eigenvalue weighted by Gasteiger charge is 2.57. The van der Waals surface area contributed by atoms with Crippen LogP contribution in [0.2, 0.25) is 0 Å². The van der Waals surface area contributed by atoms with E-state index < -0.39 is 11.0 Å². The highest BCUT2D eigenvalue weighted by molar-refractivity contribution is 6.13. The van der Waals surface area contributed by atoms with Gasteiger partial charge in [0.2, 0.25) is 0 Å². The summed E-state index contributed by atoms with van der Waals surface area (Å²) in [6.45, 7) is 13.1. The molecule has 0 bridgehead atoms. The topological polar surface area (TPSA) is 54.4 Å². The molecule has 178 valence electrons. The van der Waals surface area contributed by atoms with Gasteiger partial charge >= 0.3 is 0 Å². The van der Waals surface area contributed by atoms with Crippen LogP contribution in [-0.2, 0) is 9.59 Å². The molecule has 5 aliphatic carbocycles. The van der Waals surface area contributed by atoms with Gasteiger partial charge in [-0.3, -0.25) is 9.59 Å². The monoisotopic (exact) mass is 448 g/mol. The first-order chi connectivity index (χ1) is 15.3. The number of carbonyl (C=O) groups is 2. The van der Waals surface area contributed by atoms with E-state index in [9.17, 15) is 14.7 Å². The molecule has 0 aliphatic heterocycles. The first-order valence-corrected chi connectivity index (χ1v) is 13.0. The van der Waals surface area contributed by atoms with Crippen molar-refractivity contribution in [2.75, 3.05) is 0 Å². The molecule has 0 saturated carbocycles. The van der Waals surface area contributed by atoms with Gasteiger partial charge in [0.25, 0.3) is 0 Å². The Balaban J connectivity index is 1.68. The molecule has 5 rings (SSSR count). The van der Waals surface area contributed by atoms with Gasteiger partial charge in [-0.2, -0.15) is 0 Å². The van der Waals surface area contributed by atoms with Crippen molar-refractivity contribution in [3.8, 4) is 0 Å². The average molecular weight is 449 g/mol. The minimum Gasteiger partial charge on any atom is -0.386 e. The second kappa shape index (κ2) is 7.13. The predicted molar refractivity (Wildman–Crippen MR) is 131 cm³/mol. The van der Waals surface area contributed by atoms with Gasteiger partial charge in [0.05, 0.1) is 5.60 Å². The second-order valence-electron chi connectivity index (χ2n) is 12.7. The standard InChI is InChI=1S/C30H40O3/c1-18-9-7-11-21-24(31)15-20(16-28(18,21)4)27(3)13-14-30(6,33)23-17-29(5)19(2)10-8-12-22(29)26(32)25(23)27/h11-12,15,18-19,33H,7-10,13-14,16-17H2,1-6H3/t18-,19-,27-,28+,29+,30+/m1/s1. The van der Waals surface area contributed by atoms with Crippen molar-refractivity contribution in [2.45, 2.75) is 98.5 Å². The smallest absolute Gasteiger partial charge is 0.186 e. The molecule has 5 aliphatic rings. The Kier molecular flexibility index (Phi) is 4.98.